The molecule has 0 aromatic heterocycles. The lowest BCUT2D eigenvalue weighted by molar-refractivity contribution is 0.301. The maximum atomic E-state index is 14.6. The summed E-state index contributed by atoms with van der Waals surface area (Å²) >= 11 is 0. The molecule has 1 fully saturated rings. The molecule has 0 N–H and O–H groups in total. The lowest BCUT2D eigenvalue weighted by atomic mass is 9.77. The molecule has 0 atom stereocenters. The molecule has 0 heterocycles. The Bertz CT molecular complexity index is 743. The van der Waals surface area contributed by atoms with Gasteiger partial charge in [0.05, 0.1) is 6.67 Å². The molecule has 1 aliphatic rings. The van der Waals surface area contributed by atoms with Crippen molar-refractivity contribution < 1.29 is 17.6 Å². The first-order valence-electron chi connectivity index (χ1n) is 10.4. The zero-order chi connectivity index (χ0) is 19.9. The second-order valence-corrected chi connectivity index (χ2v) is 8.01. The van der Waals surface area contributed by atoms with Crippen LogP contribution in [0.15, 0.2) is 36.4 Å². The van der Waals surface area contributed by atoms with Crippen molar-refractivity contribution in [2.75, 3.05) is 6.67 Å². The zero-order valence-corrected chi connectivity index (χ0v) is 16.2. The standard InChI is InChI=1S/C24H28F4/c25-12-4-2-1-3-5-17-6-8-18(9-7-17)19-10-11-23(24(28)15-19)20-13-21(26)16-22(27)14-20/h10-11,13-18H,1-9,12H2. The van der Waals surface area contributed by atoms with Crippen molar-refractivity contribution in [1.82, 2.24) is 0 Å². The second-order valence-electron chi connectivity index (χ2n) is 8.01. The van der Waals surface area contributed by atoms with E-state index in [2.05, 4.69) is 0 Å². The Kier molecular flexibility index (Phi) is 7.52. The van der Waals surface area contributed by atoms with Gasteiger partial charge in [0.15, 0.2) is 0 Å². The van der Waals surface area contributed by atoms with E-state index in [1.54, 1.807) is 6.07 Å². The number of halogens is 4. The van der Waals surface area contributed by atoms with Crippen LogP contribution in [0.1, 0.15) is 69.3 Å². The fourth-order valence-electron chi connectivity index (χ4n) is 4.39. The lowest BCUT2D eigenvalue weighted by Crippen LogP contribution is -2.13. The summed E-state index contributed by atoms with van der Waals surface area (Å²) in [6.45, 7) is -0.214. The summed E-state index contributed by atoms with van der Waals surface area (Å²) in [5.41, 5.74) is 1.42. The van der Waals surface area contributed by atoms with E-state index in [1.165, 1.54) is 18.9 Å². The molecule has 0 saturated heterocycles. The van der Waals surface area contributed by atoms with E-state index in [0.29, 0.717) is 12.3 Å². The van der Waals surface area contributed by atoms with Crippen LogP contribution in [0.25, 0.3) is 11.1 Å². The topological polar surface area (TPSA) is 0 Å². The average Bonchev–Trinajstić information content (AvgIpc) is 2.67. The molecule has 0 bridgehead atoms. The van der Waals surface area contributed by atoms with Crippen molar-refractivity contribution in [3.8, 4) is 11.1 Å². The third-order valence-electron chi connectivity index (χ3n) is 5.98. The summed E-state index contributed by atoms with van der Waals surface area (Å²) < 4.78 is 53.6. The quantitative estimate of drug-likeness (QED) is 0.316. The molecule has 3 rings (SSSR count). The van der Waals surface area contributed by atoms with Gasteiger partial charge in [-0.05, 0) is 73.3 Å². The molecule has 28 heavy (non-hydrogen) atoms. The van der Waals surface area contributed by atoms with Crippen LogP contribution in [0.5, 0.6) is 0 Å². The molecule has 0 spiro atoms. The highest BCUT2D eigenvalue weighted by molar-refractivity contribution is 5.64. The molecule has 152 valence electrons. The van der Waals surface area contributed by atoms with Crippen molar-refractivity contribution in [1.29, 1.82) is 0 Å². The predicted molar refractivity (Wildman–Crippen MR) is 106 cm³/mol. The van der Waals surface area contributed by atoms with E-state index >= 15 is 0 Å². The first kappa shape index (κ1) is 20.9. The van der Waals surface area contributed by atoms with E-state index in [0.717, 1.165) is 68.2 Å². The number of hydrogen-bond donors (Lipinski definition) is 0. The average molecular weight is 392 g/mol. The molecule has 0 nitrogen and oxygen atoms in total. The third-order valence-corrected chi connectivity index (χ3v) is 5.98. The minimum atomic E-state index is -0.707. The van der Waals surface area contributed by atoms with Crippen molar-refractivity contribution >= 4 is 0 Å². The molecule has 1 aliphatic carbocycles. The van der Waals surface area contributed by atoms with E-state index < -0.39 is 17.5 Å². The highest BCUT2D eigenvalue weighted by Gasteiger charge is 2.23. The van der Waals surface area contributed by atoms with Gasteiger partial charge in [-0.2, -0.15) is 0 Å². The van der Waals surface area contributed by atoms with Gasteiger partial charge in [0, 0.05) is 11.6 Å². The molecule has 0 aliphatic heterocycles. The van der Waals surface area contributed by atoms with Gasteiger partial charge in [-0.1, -0.05) is 37.8 Å². The summed E-state index contributed by atoms with van der Waals surface area (Å²) in [5, 5.41) is 0. The second kappa shape index (κ2) is 10.1. The van der Waals surface area contributed by atoms with Gasteiger partial charge in [0.1, 0.15) is 17.5 Å². The number of alkyl halides is 1. The fraction of sp³-hybridized carbons (Fsp3) is 0.500. The van der Waals surface area contributed by atoms with Gasteiger partial charge >= 0.3 is 0 Å². The number of unbranched alkanes of at least 4 members (excludes halogenated alkanes) is 3. The molecule has 2 aromatic carbocycles. The van der Waals surface area contributed by atoms with E-state index in [9.17, 15) is 17.6 Å². The van der Waals surface area contributed by atoms with Crippen LogP contribution in [0, 0.1) is 23.4 Å². The molecule has 2 aromatic rings. The van der Waals surface area contributed by atoms with E-state index in [-0.39, 0.29) is 17.8 Å². The highest BCUT2D eigenvalue weighted by atomic mass is 19.1. The molecule has 0 amide bonds. The van der Waals surface area contributed by atoms with Crippen molar-refractivity contribution in [2.45, 2.75) is 63.7 Å². The minimum absolute atomic E-state index is 0.214. The molecular weight excluding hydrogens is 364 g/mol. The molecule has 0 radical (unpaired) electrons. The van der Waals surface area contributed by atoms with Crippen LogP contribution in [0.4, 0.5) is 17.6 Å². The summed E-state index contributed by atoms with van der Waals surface area (Å²) in [6, 6.07) is 8.15. The van der Waals surface area contributed by atoms with E-state index in [4.69, 9.17) is 0 Å². The summed E-state index contributed by atoms with van der Waals surface area (Å²) in [4.78, 5) is 0. The number of benzene rings is 2. The van der Waals surface area contributed by atoms with Crippen LogP contribution in [-0.2, 0) is 0 Å². The van der Waals surface area contributed by atoms with Crippen molar-refractivity contribution in [3.05, 3.63) is 59.4 Å². The minimum Gasteiger partial charge on any atom is -0.251 e. The van der Waals surface area contributed by atoms with Gasteiger partial charge < -0.3 is 0 Å². The van der Waals surface area contributed by atoms with Gasteiger partial charge in [0.25, 0.3) is 0 Å². The first-order valence-corrected chi connectivity index (χ1v) is 10.4. The normalized spacial score (nSPS) is 19.7. The van der Waals surface area contributed by atoms with E-state index in [1.807, 2.05) is 6.07 Å². The SMILES string of the molecule is FCCCCCCC1CCC(c2ccc(-c3cc(F)cc(F)c3)c(F)c2)CC1. The lowest BCUT2D eigenvalue weighted by Gasteiger charge is -2.29. The van der Waals surface area contributed by atoms with Crippen molar-refractivity contribution in [3.63, 3.8) is 0 Å². The largest absolute Gasteiger partial charge is 0.251 e. The Morgan fingerprint density at radius 1 is 0.750 bits per heavy atom. The van der Waals surface area contributed by atoms with Gasteiger partial charge in [-0.3, -0.25) is 4.39 Å². The maximum Gasteiger partial charge on any atom is 0.131 e. The summed E-state index contributed by atoms with van der Waals surface area (Å²) in [6.07, 6.45) is 9.52. The van der Waals surface area contributed by atoms with Crippen LogP contribution in [0.3, 0.4) is 0 Å². The summed E-state index contributed by atoms with van der Waals surface area (Å²) in [7, 11) is 0. The van der Waals surface area contributed by atoms with Crippen molar-refractivity contribution in [2.24, 2.45) is 5.92 Å². The molecule has 1 saturated carbocycles. The maximum absolute atomic E-state index is 14.6. The Morgan fingerprint density at radius 2 is 1.43 bits per heavy atom. The first-order chi connectivity index (χ1) is 13.6. The highest BCUT2D eigenvalue weighted by Crippen LogP contribution is 2.39. The van der Waals surface area contributed by atoms with Gasteiger partial charge in [-0.25, -0.2) is 13.2 Å². The van der Waals surface area contributed by atoms with Crippen LogP contribution in [-0.4, -0.2) is 6.67 Å². The van der Waals surface area contributed by atoms with Crippen LogP contribution < -0.4 is 0 Å². The van der Waals surface area contributed by atoms with Crippen LogP contribution >= 0.6 is 0 Å². The summed E-state index contributed by atoms with van der Waals surface area (Å²) in [5.74, 6) is -0.780. The Labute approximate surface area is 165 Å². The number of hydrogen-bond acceptors (Lipinski definition) is 0. The monoisotopic (exact) mass is 392 g/mol. The molecule has 0 unspecified atom stereocenters. The predicted octanol–water partition coefficient (Wildman–Crippen LogP) is 7.96. The van der Waals surface area contributed by atoms with Crippen LogP contribution in [0.2, 0.25) is 0 Å². The third kappa shape index (κ3) is 5.59. The Morgan fingerprint density at radius 3 is 2.07 bits per heavy atom. The van der Waals surface area contributed by atoms with Gasteiger partial charge in [0.2, 0.25) is 0 Å². The Hall–Kier alpha value is -1.84. The fourth-order valence-corrected chi connectivity index (χ4v) is 4.39. The number of rotatable bonds is 8. The molecular formula is C24H28F4. The molecule has 4 heteroatoms. The zero-order valence-electron chi connectivity index (χ0n) is 16.2. The van der Waals surface area contributed by atoms with Gasteiger partial charge in [-0.15, -0.1) is 0 Å². The Balaban J connectivity index is 1.56. The smallest absolute Gasteiger partial charge is 0.131 e.